The lowest BCUT2D eigenvalue weighted by atomic mass is 9.95. The van der Waals surface area contributed by atoms with Gasteiger partial charge in [-0.25, -0.2) is 8.42 Å². The van der Waals surface area contributed by atoms with Crippen LogP contribution in [0.2, 0.25) is 15.1 Å². The van der Waals surface area contributed by atoms with Gasteiger partial charge in [-0.2, -0.15) is 0 Å². The summed E-state index contributed by atoms with van der Waals surface area (Å²) < 4.78 is 29.2. The smallest absolute Gasteiger partial charge is 0.264 e. The molecule has 2 amide bonds. The van der Waals surface area contributed by atoms with Gasteiger partial charge in [0.2, 0.25) is 11.8 Å². The second-order valence-electron chi connectivity index (χ2n) is 11.0. The van der Waals surface area contributed by atoms with Crippen molar-refractivity contribution >= 4 is 62.3 Å². The number of hydrogen-bond donors (Lipinski definition) is 1. The lowest BCUT2D eigenvalue weighted by Gasteiger charge is -2.33. The van der Waals surface area contributed by atoms with E-state index in [0.29, 0.717) is 26.2 Å². The Labute approximate surface area is 269 Å². The molecule has 0 heterocycles. The zero-order valence-corrected chi connectivity index (χ0v) is 27.5. The van der Waals surface area contributed by atoms with Crippen molar-refractivity contribution in [2.75, 3.05) is 10.8 Å². The monoisotopic (exact) mass is 663 g/mol. The quantitative estimate of drug-likeness (QED) is 0.246. The van der Waals surface area contributed by atoms with Crippen molar-refractivity contribution in [1.29, 1.82) is 0 Å². The Morgan fingerprint density at radius 2 is 1.53 bits per heavy atom. The van der Waals surface area contributed by atoms with Crippen LogP contribution in [0, 0.1) is 13.8 Å². The van der Waals surface area contributed by atoms with E-state index in [0.717, 1.165) is 42.0 Å². The van der Waals surface area contributed by atoms with E-state index < -0.39 is 28.5 Å². The van der Waals surface area contributed by atoms with E-state index in [2.05, 4.69) is 5.32 Å². The minimum Gasteiger partial charge on any atom is -0.352 e. The zero-order chi connectivity index (χ0) is 31.3. The van der Waals surface area contributed by atoms with Gasteiger partial charge < -0.3 is 10.2 Å². The van der Waals surface area contributed by atoms with Crippen molar-refractivity contribution in [3.63, 3.8) is 0 Å². The van der Waals surface area contributed by atoms with Gasteiger partial charge in [-0.05, 0) is 81.1 Å². The normalized spacial score (nSPS) is 14.7. The number of carbonyl (C=O) groups is 2. The molecule has 4 rings (SSSR count). The van der Waals surface area contributed by atoms with Gasteiger partial charge in [0, 0.05) is 27.7 Å². The summed E-state index contributed by atoms with van der Waals surface area (Å²) in [4.78, 5) is 29.1. The van der Waals surface area contributed by atoms with Gasteiger partial charge in [-0.3, -0.25) is 13.9 Å². The first kappa shape index (κ1) is 33.1. The van der Waals surface area contributed by atoms with E-state index in [1.165, 1.54) is 23.1 Å². The SMILES string of the molecule is Cc1ccc(S(=O)(=O)N(CC(=O)N(Cc2ccc(Cl)cc2Cl)[C@@H](C)C(=O)NC2CCCCC2)c2cc(Cl)ccc2C)cc1. The van der Waals surface area contributed by atoms with Crippen LogP contribution in [-0.2, 0) is 26.2 Å². The Bertz CT molecular complexity index is 1580. The fourth-order valence-electron chi connectivity index (χ4n) is 5.19. The second kappa shape index (κ2) is 14.3. The summed E-state index contributed by atoms with van der Waals surface area (Å²) in [6, 6.07) is 15.3. The molecular weight excluding hydrogens is 629 g/mol. The highest BCUT2D eigenvalue weighted by atomic mass is 35.5. The van der Waals surface area contributed by atoms with Gasteiger partial charge in [-0.15, -0.1) is 0 Å². The van der Waals surface area contributed by atoms with Crippen LogP contribution < -0.4 is 9.62 Å². The minimum atomic E-state index is -4.21. The average Bonchev–Trinajstić information content (AvgIpc) is 2.97. The molecule has 1 saturated carbocycles. The Morgan fingerprint density at radius 3 is 2.19 bits per heavy atom. The number of benzene rings is 3. The molecule has 1 atom stereocenters. The standard InChI is InChI=1S/C32H36Cl3N3O4S/c1-21-9-15-28(16-10-21)43(41,42)38(30-18-26(34)13-11-22(30)2)20-31(39)37(19-24-12-14-25(33)17-29(24)35)23(3)32(40)36-27-7-5-4-6-8-27/h9-18,23,27H,4-8,19-20H2,1-3H3,(H,36,40)/t23-/m0/s1. The summed E-state index contributed by atoms with van der Waals surface area (Å²) in [5.41, 5.74) is 2.35. The highest BCUT2D eigenvalue weighted by molar-refractivity contribution is 7.92. The third-order valence-electron chi connectivity index (χ3n) is 7.80. The number of nitrogens with one attached hydrogen (secondary N) is 1. The van der Waals surface area contributed by atoms with Gasteiger partial charge in [0.25, 0.3) is 10.0 Å². The number of rotatable bonds is 10. The van der Waals surface area contributed by atoms with Gasteiger partial charge in [0.1, 0.15) is 12.6 Å². The molecule has 3 aromatic rings. The molecule has 1 N–H and O–H groups in total. The molecule has 1 aliphatic carbocycles. The van der Waals surface area contributed by atoms with Crippen LogP contribution >= 0.6 is 34.8 Å². The average molecular weight is 665 g/mol. The predicted molar refractivity (Wildman–Crippen MR) is 173 cm³/mol. The summed E-state index contributed by atoms with van der Waals surface area (Å²) in [5, 5.41) is 4.18. The topological polar surface area (TPSA) is 86.8 Å². The van der Waals surface area contributed by atoms with E-state index in [-0.39, 0.29) is 29.1 Å². The largest absolute Gasteiger partial charge is 0.352 e. The highest BCUT2D eigenvalue weighted by Crippen LogP contribution is 2.31. The maximum Gasteiger partial charge on any atom is 0.264 e. The van der Waals surface area contributed by atoms with Crippen molar-refractivity contribution in [3.8, 4) is 0 Å². The minimum absolute atomic E-state index is 0.0267. The lowest BCUT2D eigenvalue weighted by Crippen LogP contribution is -2.53. The second-order valence-corrected chi connectivity index (χ2v) is 14.2. The van der Waals surface area contributed by atoms with Crippen LogP contribution in [0.5, 0.6) is 0 Å². The Kier molecular flexibility index (Phi) is 11.0. The molecule has 0 bridgehead atoms. The van der Waals surface area contributed by atoms with Gasteiger partial charge >= 0.3 is 0 Å². The van der Waals surface area contributed by atoms with E-state index in [9.17, 15) is 18.0 Å². The van der Waals surface area contributed by atoms with Gasteiger partial charge in [-0.1, -0.05) is 83.9 Å². The number of hydrogen-bond acceptors (Lipinski definition) is 4. The molecular formula is C32H36Cl3N3O4S. The molecule has 0 unspecified atom stereocenters. The molecule has 0 saturated heterocycles. The molecule has 230 valence electrons. The van der Waals surface area contributed by atoms with Crippen LogP contribution in [-0.4, -0.2) is 43.8 Å². The highest BCUT2D eigenvalue weighted by Gasteiger charge is 2.34. The van der Waals surface area contributed by atoms with Gasteiger partial charge in [0.15, 0.2) is 0 Å². The Morgan fingerprint density at radius 1 is 0.907 bits per heavy atom. The molecule has 1 fully saturated rings. The number of aryl methyl sites for hydroxylation is 2. The Hall–Kier alpha value is -2.78. The molecule has 1 aliphatic rings. The number of anilines is 1. The first-order valence-electron chi connectivity index (χ1n) is 14.3. The summed E-state index contributed by atoms with van der Waals surface area (Å²) in [6.45, 7) is 4.66. The Balaban J connectivity index is 1.73. The molecule has 43 heavy (non-hydrogen) atoms. The third kappa shape index (κ3) is 8.24. The van der Waals surface area contributed by atoms with Crippen LogP contribution in [0.25, 0.3) is 0 Å². The van der Waals surface area contributed by atoms with Crippen molar-refractivity contribution in [3.05, 3.63) is 92.4 Å². The number of amides is 2. The summed E-state index contributed by atoms with van der Waals surface area (Å²) >= 11 is 18.9. The molecule has 0 radical (unpaired) electrons. The van der Waals surface area contributed by atoms with E-state index in [1.807, 2.05) is 6.92 Å². The fraction of sp³-hybridized carbons (Fsp3) is 0.375. The van der Waals surface area contributed by atoms with Crippen LogP contribution in [0.3, 0.4) is 0 Å². The van der Waals surface area contributed by atoms with E-state index in [1.54, 1.807) is 56.3 Å². The molecule has 3 aromatic carbocycles. The molecule has 7 nitrogen and oxygen atoms in total. The maximum absolute atomic E-state index is 14.2. The molecule has 0 aliphatic heterocycles. The first-order chi connectivity index (χ1) is 20.4. The fourth-order valence-corrected chi connectivity index (χ4v) is 7.29. The number of sulfonamides is 1. The van der Waals surface area contributed by atoms with E-state index in [4.69, 9.17) is 34.8 Å². The van der Waals surface area contributed by atoms with Crippen LogP contribution in [0.1, 0.15) is 55.7 Å². The summed E-state index contributed by atoms with van der Waals surface area (Å²) in [7, 11) is -4.21. The van der Waals surface area contributed by atoms with Crippen molar-refractivity contribution in [1.82, 2.24) is 10.2 Å². The van der Waals surface area contributed by atoms with Crippen LogP contribution in [0.4, 0.5) is 5.69 Å². The number of carbonyl (C=O) groups excluding carboxylic acids is 2. The molecule has 0 spiro atoms. The third-order valence-corrected chi connectivity index (χ3v) is 10.4. The number of nitrogens with zero attached hydrogens (tertiary/aromatic N) is 2. The van der Waals surface area contributed by atoms with Crippen molar-refractivity contribution < 1.29 is 18.0 Å². The summed E-state index contributed by atoms with van der Waals surface area (Å²) in [6.07, 6.45) is 4.97. The zero-order valence-electron chi connectivity index (χ0n) is 24.4. The predicted octanol–water partition coefficient (Wildman–Crippen LogP) is 7.33. The molecule has 0 aromatic heterocycles. The maximum atomic E-state index is 14.2. The van der Waals surface area contributed by atoms with E-state index >= 15 is 0 Å². The van der Waals surface area contributed by atoms with Crippen molar-refractivity contribution in [2.24, 2.45) is 0 Å². The summed E-state index contributed by atoms with van der Waals surface area (Å²) in [5.74, 6) is -0.885. The lowest BCUT2D eigenvalue weighted by molar-refractivity contribution is -0.139. The van der Waals surface area contributed by atoms with Crippen LogP contribution in [0.15, 0.2) is 65.6 Å². The molecule has 11 heteroatoms. The van der Waals surface area contributed by atoms with Crippen molar-refractivity contribution in [2.45, 2.75) is 76.4 Å². The van der Waals surface area contributed by atoms with Gasteiger partial charge in [0.05, 0.1) is 10.6 Å². The first-order valence-corrected chi connectivity index (χ1v) is 16.8. The number of halogens is 3.